The van der Waals surface area contributed by atoms with Crippen molar-refractivity contribution in [3.63, 3.8) is 0 Å². The van der Waals surface area contributed by atoms with Gasteiger partial charge in [0.05, 0.1) is 16.6 Å². The Hall–Kier alpha value is -2.57. The van der Waals surface area contributed by atoms with Gasteiger partial charge in [-0.25, -0.2) is 14.6 Å². The Bertz CT molecular complexity index is 691. The molecule has 0 saturated heterocycles. The zero-order valence-corrected chi connectivity index (χ0v) is 12.0. The lowest BCUT2D eigenvalue weighted by atomic mass is 10.2. The van der Waals surface area contributed by atoms with E-state index < -0.39 is 12.0 Å². The van der Waals surface area contributed by atoms with Crippen LogP contribution in [-0.2, 0) is 6.54 Å². The first kappa shape index (κ1) is 14.8. The van der Waals surface area contributed by atoms with Crippen molar-refractivity contribution in [3.8, 4) is 0 Å². The zero-order chi connectivity index (χ0) is 15.6. The molecule has 7 heteroatoms. The lowest BCUT2D eigenvalue weighted by Crippen LogP contribution is -2.32. The summed E-state index contributed by atoms with van der Waals surface area (Å²) in [6.07, 6.45) is 0. The summed E-state index contributed by atoms with van der Waals surface area (Å²) in [5.74, 6) is 0.0454. The summed E-state index contributed by atoms with van der Waals surface area (Å²) in [6.45, 7) is 4.86. The van der Waals surface area contributed by atoms with E-state index >= 15 is 0 Å². The summed E-state index contributed by atoms with van der Waals surface area (Å²) in [5, 5.41) is 11.6. The highest BCUT2D eigenvalue weighted by atomic mass is 16.4. The van der Waals surface area contributed by atoms with E-state index in [1.165, 1.54) is 6.07 Å². The third kappa shape index (κ3) is 3.13. The number of aromatic nitrogens is 2. The number of primary amides is 1. The normalized spacial score (nSPS) is 11.0. The molecule has 7 nitrogen and oxygen atoms in total. The third-order valence-electron chi connectivity index (χ3n) is 3.18. The molecule has 0 atom stereocenters. The second kappa shape index (κ2) is 5.82. The van der Waals surface area contributed by atoms with Crippen LogP contribution in [0.3, 0.4) is 0 Å². The molecular weight excluding hydrogens is 272 g/mol. The van der Waals surface area contributed by atoms with Crippen LogP contribution in [0.4, 0.5) is 4.79 Å². The summed E-state index contributed by atoms with van der Waals surface area (Å²) in [6, 6.07) is 4.24. The van der Waals surface area contributed by atoms with Crippen molar-refractivity contribution in [2.45, 2.75) is 26.3 Å². The van der Waals surface area contributed by atoms with Crippen LogP contribution in [0.2, 0.25) is 0 Å². The maximum atomic E-state index is 11.1. The van der Waals surface area contributed by atoms with E-state index in [-0.39, 0.29) is 11.5 Å². The minimum atomic E-state index is -0.981. The number of aromatic carboxylic acids is 1. The summed E-state index contributed by atoms with van der Waals surface area (Å²) >= 11 is 0. The highest BCUT2D eigenvalue weighted by Gasteiger charge is 2.15. The molecule has 0 aliphatic rings. The Labute approximate surface area is 121 Å². The van der Waals surface area contributed by atoms with Gasteiger partial charge < -0.3 is 20.7 Å². The molecule has 0 spiro atoms. The average Bonchev–Trinajstić information content (AvgIpc) is 2.76. The van der Waals surface area contributed by atoms with E-state index in [4.69, 9.17) is 10.8 Å². The van der Waals surface area contributed by atoms with Crippen molar-refractivity contribution in [1.82, 2.24) is 14.9 Å². The number of imidazole rings is 1. The Kier molecular flexibility index (Phi) is 4.11. The van der Waals surface area contributed by atoms with Crippen molar-refractivity contribution in [2.75, 3.05) is 6.54 Å². The molecule has 0 aliphatic carbocycles. The number of amides is 2. The van der Waals surface area contributed by atoms with Gasteiger partial charge in [0.2, 0.25) is 0 Å². The Morgan fingerprint density at radius 2 is 2.14 bits per heavy atom. The molecule has 0 aliphatic heterocycles. The maximum Gasteiger partial charge on any atom is 0.335 e. The molecule has 0 radical (unpaired) electrons. The van der Waals surface area contributed by atoms with Gasteiger partial charge in [0.25, 0.3) is 0 Å². The average molecular weight is 290 g/mol. The standard InChI is InChI=1S/C14H18N4O3/c1-8(2)12-17-10-4-3-9(13(19)20)7-11(10)18(12)6-5-16-14(15)21/h3-4,7-8H,5-6H2,1-2H3,(H,19,20)(H3,15,16,21). The fourth-order valence-electron chi connectivity index (χ4n) is 2.24. The Morgan fingerprint density at radius 3 is 2.71 bits per heavy atom. The maximum absolute atomic E-state index is 11.1. The summed E-state index contributed by atoms with van der Waals surface area (Å²) < 4.78 is 1.92. The van der Waals surface area contributed by atoms with E-state index in [9.17, 15) is 9.59 Å². The lowest BCUT2D eigenvalue weighted by molar-refractivity contribution is 0.0697. The number of fused-ring (bicyclic) bond motifs is 1. The molecule has 2 aromatic rings. The van der Waals surface area contributed by atoms with Crippen LogP contribution in [0.5, 0.6) is 0 Å². The first-order chi connectivity index (χ1) is 9.90. The fraction of sp³-hybridized carbons (Fsp3) is 0.357. The molecule has 4 N–H and O–H groups in total. The van der Waals surface area contributed by atoms with Gasteiger partial charge in [0.15, 0.2) is 0 Å². The summed E-state index contributed by atoms with van der Waals surface area (Å²) in [5.41, 5.74) is 6.74. The topological polar surface area (TPSA) is 110 Å². The smallest absolute Gasteiger partial charge is 0.335 e. The molecule has 2 rings (SSSR count). The van der Waals surface area contributed by atoms with Crippen LogP contribution in [0.25, 0.3) is 11.0 Å². The predicted octanol–water partition coefficient (Wildman–Crippen LogP) is 1.53. The number of rotatable bonds is 5. The molecule has 1 aromatic heterocycles. The van der Waals surface area contributed by atoms with E-state index in [2.05, 4.69) is 10.3 Å². The number of hydrogen-bond donors (Lipinski definition) is 3. The van der Waals surface area contributed by atoms with Crippen LogP contribution < -0.4 is 11.1 Å². The molecule has 2 amide bonds. The molecule has 0 bridgehead atoms. The monoisotopic (exact) mass is 290 g/mol. The van der Waals surface area contributed by atoms with E-state index in [0.29, 0.717) is 13.1 Å². The zero-order valence-electron chi connectivity index (χ0n) is 12.0. The third-order valence-corrected chi connectivity index (χ3v) is 3.18. The molecule has 1 aromatic carbocycles. The van der Waals surface area contributed by atoms with Crippen molar-refractivity contribution in [1.29, 1.82) is 0 Å². The first-order valence-corrected chi connectivity index (χ1v) is 6.67. The highest BCUT2D eigenvalue weighted by Crippen LogP contribution is 2.22. The van der Waals surface area contributed by atoms with Crippen LogP contribution in [0.15, 0.2) is 18.2 Å². The van der Waals surface area contributed by atoms with Gasteiger partial charge in [-0.1, -0.05) is 13.8 Å². The van der Waals surface area contributed by atoms with E-state index in [1.807, 2.05) is 18.4 Å². The van der Waals surface area contributed by atoms with E-state index in [0.717, 1.165) is 16.9 Å². The molecule has 21 heavy (non-hydrogen) atoms. The number of nitrogens with zero attached hydrogens (tertiary/aromatic N) is 2. The number of nitrogens with two attached hydrogens (primary N) is 1. The van der Waals surface area contributed by atoms with Gasteiger partial charge in [-0.15, -0.1) is 0 Å². The largest absolute Gasteiger partial charge is 0.478 e. The van der Waals surface area contributed by atoms with Gasteiger partial charge >= 0.3 is 12.0 Å². The van der Waals surface area contributed by atoms with Crippen molar-refractivity contribution in [2.24, 2.45) is 5.73 Å². The van der Waals surface area contributed by atoms with Gasteiger partial charge in [0.1, 0.15) is 5.82 Å². The molecule has 112 valence electrons. The van der Waals surface area contributed by atoms with Crippen LogP contribution >= 0.6 is 0 Å². The minimum absolute atomic E-state index is 0.180. The van der Waals surface area contributed by atoms with Crippen LogP contribution in [0.1, 0.15) is 35.9 Å². The number of nitrogens with one attached hydrogen (secondary N) is 1. The predicted molar refractivity (Wildman–Crippen MR) is 78.4 cm³/mol. The Balaban J connectivity index is 2.46. The minimum Gasteiger partial charge on any atom is -0.478 e. The number of carbonyl (C=O) groups is 2. The highest BCUT2D eigenvalue weighted by molar-refractivity contribution is 5.92. The van der Waals surface area contributed by atoms with Gasteiger partial charge in [-0.05, 0) is 18.2 Å². The molecule has 0 fully saturated rings. The molecule has 0 saturated carbocycles. The van der Waals surface area contributed by atoms with E-state index in [1.54, 1.807) is 12.1 Å². The fourth-order valence-corrected chi connectivity index (χ4v) is 2.24. The van der Waals surface area contributed by atoms with Crippen molar-refractivity contribution >= 4 is 23.0 Å². The molecular formula is C14H18N4O3. The van der Waals surface area contributed by atoms with Crippen molar-refractivity contribution in [3.05, 3.63) is 29.6 Å². The second-order valence-electron chi connectivity index (χ2n) is 5.08. The number of carbonyl (C=O) groups excluding carboxylic acids is 1. The number of urea groups is 1. The van der Waals surface area contributed by atoms with Crippen LogP contribution in [-0.4, -0.2) is 33.2 Å². The SMILES string of the molecule is CC(C)c1nc2ccc(C(=O)O)cc2n1CCNC(N)=O. The molecule has 1 heterocycles. The van der Waals surface area contributed by atoms with Gasteiger partial charge in [-0.3, -0.25) is 0 Å². The number of carboxylic acids is 1. The Morgan fingerprint density at radius 1 is 1.43 bits per heavy atom. The summed E-state index contributed by atoms with van der Waals surface area (Å²) in [7, 11) is 0. The van der Waals surface area contributed by atoms with Gasteiger partial charge in [0, 0.05) is 19.0 Å². The number of carboxylic acid groups (broad SMARTS) is 1. The van der Waals surface area contributed by atoms with Gasteiger partial charge in [-0.2, -0.15) is 0 Å². The second-order valence-corrected chi connectivity index (χ2v) is 5.08. The number of hydrogen-bond acceptors (Lipinski definition) is 3. The van der Waals surface area contributed by atoms with Crippen molar-refractivity contribution < 1.29 is 14.7 Å². The lowest BCUT2D eigenvalue weighted by Gasteiger charge is -2.11. The summed E-state index contributed by atoms with van der Waals surface area (Å²) in [4.78, 5) is 26.4. The van der Waals surface area contributed by atoms with Crippen LogP contribution in [0, 0.1) is 0 Å². The first-order valence-electron chi connectivity index (χ1n) is 6.67. The number of benzene rings is 1. The molecule has 0 unspecified atom stereocenters. The quantitative estimate of drug-likeness (QED) is 0.775.